The number of aliphatic carboxylic acids is 1. The number of rotatable bonds is 4. The molecule has 0 heterocycles. The average molecular weight is 203 g/mol. The first kappa shape index (κ1) is 18.1. The summed E-state index contributed by atoms with van der Waals surface area (Å²) in [5.74, 6) is -1.19. The first-order valence-electron chi connectivity index (χ1n) is 2.74. The Balaban J connectivity index is -0.000000405. The van der Waals surface area contributed by atoms with Gasteiger partial charge in [0.25, 0.3) is 0 Å². The Morgan fingerprint density at radius 1 is 1.42 bits per heavy atom. The van der Waals surface area contributed by atoms with Gasteiger partial charge in [0.2, 0.25) is 5.91 Å². The van der Waals surface area contributed by atoms with Crippen LogP contribution in [0.1, 0.15) is 6.42 Å². The van der Waals surface area contributed by atoms with E-state index in [9.17, 15) is 14.7 Å². The van der Waals surface area contributed by atoms with Crippen LogP contribution in [0.2, 0.25) is 0 Å². The molecular formula is C5H10NNaO4S. The second-order valence-electron chi connectivity index (χ2n) is 1.62. The number of amides is 1. The van der Waals surface area contributed by atoms with Gasteiger partial charge in [-0.3, -0.25) is 4.79 Å². The zero-order valence-electron chi connectivity index (χ0n) is 6.79. The zero-order valence-corrected chi connectivity index (χ0v) is 9.69. The number of nitrogens with one attached hydrogen (secondary N) is 1. The van der Waals surface area contributed by atoms with E-state index in [0.717, 1.165) is 0 Å². The minimum absolute atomic E-state index is 0. The quantitative estimate of drug-likeness (QED) is 0.352. The molecule has 0 radical (unpaired) electrons. The van der Waals surface area contributed by atoms with Crippen molar-refractivity contribution in [2.75, 3.05) is 12.3 Å². The van der Waals surface area contributed by atoms with Crippen molar-refractivity contribution >= 4 is 24.5 Å². The number of hydrogen-bond donors (Lipinski definition) is 2. The smallest absolute Gasteiger partial charge is 0.548 e. The topological polar surface area (TPSA) is 101 Å². The van der Waals surface area contributed by atoms with Crippen LogP contribution in [0.5, 0.6) is 0 Å². The molecule has 0 bridgehead atoms. The number of carboxylic acid groups (broad SMARTS) is 1. The van der Waals surface area contributed by atoms with Gasteiger partial charge in [-0.05, 0) is 5.75 Å². The van der Waals surface area contributed by atoms with E-state index >= 15 is 0 Å². The molecule has 0 spiro atoms. The van der Waals surface area contributed by atoms with Gasteiger partial charge in [0.15, 0.2) is 0 Å². The van der Waals surface area contributed by atoms with Gasteiger partial charge in [-0.15, -0.1) is 0 Å². The molecule has 0 fully saturated rings. The zero-order chi connectivity index (χ0) is 7.98. The van der Waals surface area contributed by atoms with E-state index < -0.39 is 12.5 Å². The second-order valence-corrected chi connectivity index (χ2v) is 2.07. The number of carbonyl (C=O) groups is 2. The van der Waals surface area contributed by atoms with E-state index in [0.29, 0.717) is 5.75 Å². The Labute approximate surface area is 97.9 Å². The maximum absolute atomic E-state index is 10.5. The summed E-state index contributed by atoms with van der Waals surface area (Å²) >= 11 is 3.78. The molecule has 7 heteroatoms. The van der Waals surface area contributed by atoms with Crippen LogP contribution in [-0.4, -0.2) is 29.7 Å². The van der Waals surface area contributed by atoms with Gasteiger partial charge in [0.1, 0.15) is 0 Å². The monoisotopic (exact) mass is 203 g/mol. The minimum Gasteiger partial charge on any atom is -0.548 e. The molecule has 0 saturated heterocycles. The Morgan fingerprint density at radius 3 is 2.25 bits per heavy atom. The summed E-state index contributed by atoms with van der Waals surface area (Å²) in [7, 11) is 0. The molecule has 1 amide bonds. The van der Waals surface area contributed by atoms with E-state index in [4.69, 9.17) is 0 Å². The van der Waals surface area contributed by atoms with Crippen LogP contribution in [0.25, 0.3) is 0 Å². The molecule has 0 aromatic heterocycles. The van der Waals surface area contributed by atoms with Crippen molar-refractivity contribution in [1.82, 2.24) is 5.32 Å². The maximum atomic E-state index is 10.5. The molecule has 0 atom stereocenters. The van der Waals surface area contributed by atoms with Gasteiger partial charge in [-0.2, -0.15) is 12.6 Å². The van der Waals surface area contributed by atoms with Gasteiger partial charge < -0.3 is 20.7 Å². The van der Waals surface area contributed by atoms with E-state index in [1.165, 1.54) is 0 Å². The molecule has 0 aromatic rings. The van der Waals surface area contributed by atoms with Crippen molar-refractivity contribution < 1.29 is 49.7 Å². The Bertz CT molecular complexity index is 143. The predicted octanol–water partition coefficient (Wildman–Crippen LogP) is -5.65. The summed E-state index contributed by atoms with van der Waals surface area (Å²) in [5, 5.41) is 11.9. The molecule has 0 saturated carbocycles. The molecule has 12 heavy (non-hydrogen) atoms. The third-order valence-electron chi connectivity index (χ3n) is 0.769. The third-order valence-corrected chi connectivity index (χ3v) is 0.992. The fraction of sp³-hybridized carbons (Fsp3) is 0.600. The van der Waals surface area contributed by atoms with Gasteiger partial charge in [-0.1, -0.05) is 0 Å². The number of carboxylic acids is 1. The van der Waals surface area contributed by atoms with Crippen LogP contribution < -0.4 is 40.0 Å². The van der Waals surface area contributed by atoms with Crippen LogP contribution in [-0.2, 0) is 9.59 Å². The predicted molar refractivity (Wildman–Crippen MR) is 40.1 cm³/mol. The van der Waals surface area contributed by atoms with Gasteiger partial charge in [0, 0.05) is 6.42 Å². The summed E-state index contributed by atoms with van der Waals surface area (Å²) < 4.78 is 0. The molecule has 66 valence electrons. The number of hydrogen-bond acceptors (Lipinski definition) is 4. The standard InChI is InChI=1S/C5H9NO3S.Na.H2O/c7-4(1-2-10)6-3-5(8)9;;/h10H,1-3H2,(H,6,7)(H,8,9);;1H2/q;+1;/p-1. The maximum Gasteiger partial charge on any atom is 1.00 e. The van der Waals surface area contributed by atoms with Crippen molar-refractivity contribution in [3.05, 3.63) is 0 Å². The van der Waals surface area contributed by atoms with E-state index in [1.54, 1.807) is 0 Å². The first-order chi connectivity index (χ1) is 4.66. The first-order valence-corrected chi connectivity index (χ1v) is 3.37. The molecule has 0 aromatic carbocycles. The Hall–Kier alpha value is 0.250. The average Bonchev–Trinajstić information content (AvgIpc) is 1.85. The SMILES string of the molecule is O.O=C([O-])CNC(=O)CCS.[Na+]. The van der Waals surface area contributed by atoms with Gasteiger partial charge in [0.05, 0.1) is 12.5 Å². The number of thiol groups is 1. The van der Waals surface area contributed by atoms with Gasteiger partial charge in [-0.25, -0.2) is 0 Å². The summed E-state index contributed by atoms with van der Waals surface area (Å²) in [5.41, 5.74) is 0. The van der Waals surface area contributed by atoms with Crippen molar-refractivity contribution in [2.45, 2.75) is 6.42 Å². The molecule has 0 unspecified atom stereocenters. The molecule has 0 rings (SSSR count). The summed E-state index contributed by atoms with van der Waals surface area (Å²) in [6.45, 7) is -0.424. The van der Waals surface area contributed by atoms with Gasteiger partial charge >= 0.3 is 29.6 Å². The van der Waals surface area contributed by atoms with Crippen molar-refractivity contribution in [3.63, 3.8) is 0 Å². The summed E-state index contributed by atoms with van der Waals surface area (Å²) in [6, 6.07) is 0. The fourth-order valence-electron chi connectivity index (χ4n) is 0.361. The van der Waals surface area contributed by atoms with Crippen molar-refractivity contribution in [1.29, 1.82) is 0 Å². The van der Waals surface area contributed by atoms with Crippen LogP contribution >= 0.6 is 12.6 Å². The minimum atomic E-state index is -1.28. The molecule has 3 N–H and O–H groups in total. The molecule has 5 nitrogen and oxygen atoms in total. The normalized spacial score (nSPS) is 7.42. The molecule has 0 aliphatic rings. The number of carbonyl (C=O) groups excluding carboxylic acids is 2. The summed E-state index contributed by atoms with van der Waals surface area (Å²) in [4.78, 5) is 20.3. The van der Waals surface area contributed by atoms with E-state index in [-0.39, 0.29) is 47.4 Å². The van der Waals surface area contributed by atoms with Crippen LogP contribution in [0.15, 0.2) is 0 Å². The fourth-order valence-corrected chi connectivity index (χ4v) is 0.564. The molecule has 0 aliphatic carbocycles. The largest absolute Gasteiger partial charge is 1.00 e. The Kier molecular flexibility index (Phi) is 17.0. The van der Waals surface area contributed by atoms with Crippen molar-refractivity contribution in [2.24, 2.45) is 0 Å². The second kappa shape index (κ2) is 11.2. The molecular weight excluding hydrogens is 193 g/mol. The van der Waals surface area contributed by atoms with E-state index in [1.807, 2.05) is 0 Å². The van der Waals surface area contributed by atoms with Crippen LogP contribution in [0.4, 0.5) is 0 Å². The van der Waals surface area contributed by atoms with Crippen LogP contribution in [0.3, 0.4) is 0 Å². The molecule has 0 aliphatic heterocycles. The van der Waals surface area contributed by atoms with Crippen LogP contribution in [0, 0.1) is 0 Å². The third kappa shape index (κ3) is 12.9. The Morgan fingerprint density at radius 2 is 1.92 bits per heavy atom. The van der Waals surface area contributed by atoms with Crippen molar-refractivity contribution in [3.8, 4) is 0 Å². The summed E-state index contributed by atoms with van der Waals surface area (Å²) in [6.07, 6.45) is 0.233. The van der Waals surface area contributed by atoms with E-state index in [2.05, 4.69) is 17.9 Å².